The second-order valence-corrected chi connectivity index (χ2v) is 7.60. The van der Waals surface area contributed by atoms with Gasteiger partial charge in [-0.2, -0.15) is 0 Å². The Morgan fingerprint density at radius 1 is 1.19 bits per heavy atom. The van der Waals surface area contributed by atoms with E-state index in [1.807, 2.05) is 25.1 Å². The summed E-state index contributed by atoms with van der Waals surface area (Å²) in [6.45, 7) is 6.40. The fourth-order valence-electron chi connectivity index (χ4n) is 3.62. The monoisotopic (exact) mass is 352 g/mol. The van der Waals surface area contributed by atoms with Crippen LogP contribution in [0, 0.1) is 5.82 Å². The second-order valence-electron chi connectivity index (χ2n) is 7.60. The van der Waals surface area contributed by atoms with Crippen LogP contribution in [0.5, 0.6) is 0 Å². The molecule has 1 heterocycles. The summed E-state index contributed by atoms with van der Waals surface area (Å²) in [7, 11) is 0. The minimum atomic E-state index is -0.295. The van der Waals surface area contributed by atoms with Crippen LogP contribution in [0.1, 0.15) is 38.3 Å². The summed E-state index contributed by atoms with van der Waals surface area (Å²) in [6.07, 6.45) is 2.85. The van der Waals surface area contributed by atoms with E-state index in [1.165, 1.54) is 17.7 Å². The molecule has 0 aliphatic heterocycles. The van der Waals surface area contributed by atoms with Gasteiger partial charge < -0.3 is 10.3 Å². The van der Waals surface area contributed by atoms with Gasteiger partial charge >= 0.3 is 0 Å². The molecular formula is C22H25FN2O. The molecule has 3 nitrogen and oxygen atoms in total. The lowest BCUT2D eigenvalue weighted by Crippen LogP contribution is -2.38. The molecular weight excluding hydrogens is 327 g/mol. The van der Waals surface area contributed by atoms with Crippen LogP contribution in [-0.2, 0) is 16.6 Å². The van der Waals surface area contributed by atoms with Crippen molar-refractivity contribution in [3.8, 4) is 0 Å². The van der Waals surface area contributed by atoms with Crippen molar-refractivity contribution in [3.05, 3.63) is 71.7 Å². The number of nitrogens with one attached hydrogen (secondary N) is 2. The number of aromatic amines is 1. The highest BCUT2D eigenvalue weighted by Gasteiger charge is 2.24. The van der Waals surface area contributed by atoms with Gasteiger partial charge in [0.15, 0.2) is 0 Å². The largest absolute Gasteiger partial charge is 0.361 e. The molecule has 0 spiro atoms. The zero-order valence-corrected chi connectivity index (χ0v) is 15.5. The maximum absolute atomic E-state index is 13.5. The Labute approximate surface area is 153 Å². The number of carbonyl (C=O) groups excluding carboxylic acids is 1. The number of aromatic nitrogens is 1. The molecule has 26 heavy (non-hydrogen) atoms. The molecule has 1 aromatic heterocycles. The zero-order valence-electron chi connectivity index (χ0n) is 15.5. The maximum Gasteiger partial charge on any atom is 0.224 e. The van der Waals surface area contributed by atoms with E-state index in [0.29, 0.717) is 0 Å². The van der Waals surface area contributed by atoms with Gasteiger partial charge in [-0.15, -0.1) is 0 Å². The van der Waals surface area contributed by atoms with Gasteiger partial charge in [0.25, 0.3) is 0 Å². The van der Waals surface area contributed by atoms with Crippen molar-refractivity contribution in [2.45, 2.75) is 45.1 Å². The number of H-pyrrole nitrogens is 1. The summed E-state index contributed by atoms with van der Waals surface area (Å²) in [5.74, 6) is -0.344. The lowest BCUT2D eigenvalue weighted by molar-refractivity contribution is -0.121. The smallest absolute Gasteiger partial charge is 0.224 e. The maximum atomic E-state index is 13.5. The Balaban J connectivity index is 1.63. The molecule has 3 rings (SSSR count). The third-order valence-electron chi connectivity index (χ3n) is 4.86. The molecule has 0 saturated heterocycles. The Morgan fingerprint density at radius 3 is 2.65 bits per heavy atom. The van der Waals surface area contributed by atoms with Crippen molar-refractivity contribution in [2.24, 2.45) is 0 Å². The number of benzene rings is 2. The molecule has 2 aromatic carbocycles. The Morgan fingerprint density at radius 2 is 1.92 bits per heavy atom. The van der Waals surface area contributed by atoms with Crippen LogP contribution < -0.4 is 5.32 Å². The number of rotatable bonds is 6. The van der Waals surface area contributed by atoms with Crippen molar-refractivity contribution >= 4 is 16.8 Å². The van der Waals surface area contributed by atoms with Crippen LogP contribution in [0.4, 0.5) is 4.39 Å². The average Bonchev–Trinajstić information content (AvgIpc) is 2.97. The summed E-state index contributed by atoms with van der Waals surface area (Å²) in [6, 6.07) is 14.9. The molecule has 136 valence electrons. The molecule has 0 saturated carbocycles. The highest BCUT2D eigenvalue weighted by atomic mass is 19.1. The van der Waals surface area contributed by atoms with E-state index in [1.54, 1.807) is 12.3 Å². The number of carbonyl (C=O) groups is 1. The first-order chi connectivity index (χ1) is 12.3. The van der Waals surface area contributed by atoms with Gasteiger partial charge in [0.1, 0.15) is 5.82 Å². The van der Waals surface area contributed by atoms with Crippen LogP contribution in [0.15, 0.2) is 54.7 Å². The molecule has 1 amide bonds. The first-order valence-electron chi connectivity index (χ1n) is 8.95. The molecule has 0 bridgehead atoms. The molecule has 3 aromatic rings. The lowest BCUT2D eigenvalue weighted by atomic mass is 9.79. The first-order valence-corrected chi connectivity index (χ1v) is 8.95. The summed E-state index contributed by atoms with van der Waals surface area (Å²) in [5.41, 5.74) is 2.88. The first kappa shape index (κ1) is 18.2. The van der Waals surface area contributed by atoms with Crippen molar-refractivity contribution in [1.82, 2.24) is 10.3 Å². The molecule has 2 N–H and O–H groups in total. The van der Waals surface area contributed by atoms with E-state index in [0.717, 1.165) is 22.9 Å². The van der Waals surface area contributed by atoms with Gasteiger partial charge in [-0.05, 0) is 48.1 Å². The number of fused-ring (bicyclic) bond motifs is 1. The van der Waals surface area contributed by atoms with Gasteiger partial charge in [-0.1, -0.05) is 44.2 Å². The van der Waals surface area contributed by atoms with Gasteiger partial charge in [0, 0.05) is 23.1 Å². The van der Waals surface area contributed by atoms with E-state index in [2.05, 4.69) is 36.3 Å². The fourth-order valence-corrected chi connectivity index (χ4v) is 3.62. The Bertz CT molecular complexity index is 899. The van der Waals surface area contributed by atoms with E-state index < -0.39 is 0 Å². The van der Waals surface area contributed by atoms with E-state index in [4.69, 9.17) is 0 Å². The highest BCUT2D eigenvalue weighted by Crippen LogP contribution is 2.28. The van der Waals surface area contributed by atoms with Crippen molar-refractivity contribution in [1.29, 1.82) is 0 Å². The average molecular weight is 352 g/mol. The van der Waals surface area contributed by atoms with Gasteiger partial charge in [0.05, 0.1) is 6.42 Å². The third-order valence-corrected chi connectivity index (χ3v) is 4.86. The molecule has 0 radical (unpaired) electrons. The summed E-state index contributed by atoms with van der Waals surface area (Å²) < 4.78 is 13.5. The number of halogens is 1. The van der Waals surface area contributed by atoms with E-state index >= 15 is 0 Å². The van der Waals surface area contributed by atoms with Crippen LogP contribution >= 0.6 is 0 Å². The van der Waals surface area contributed by atoms with Crippen LogP contribution in [-0.4, -0.2) is 16.9 Å². The number of hydrogen-bond acceptors (Lipinski definition) is 1. The van der Waals surface area contributed by atoms with E-state index in [-0.39, 0.29) is 29.6 Å². The molecule has 1 unspecified atom stereocenters. The summed E-state index contributed by atoms with van der Waals surface area (Å²) in [5, 5.41) is 3.84. The normalized spacial score (nSPS) is 12.9. The molecule has 0 fully saturated rings. The standard InChI is InChI=1S/C22H25FN2O/c1-15(13-22(2,3)17-7-5-4-6-8-17)25-21(26)11-16-14-24-20-10-9-18(23)12-19(16)20/h4-10,12,14-15,24H,11,13H2,1-3H3,(H,25,26). The van der Waals surface area contributed by atoms with Crippen LogP contribution in [0.2, 0.25) is 0 Å². The molecule has 4 heteroatoms. The predicted molar refractivity (Wildman–Crippen MR) is 104 cm³/mol. The Hall–Kier alpha value is -2.62. The minimum Gasteiger partial charge on any atom is -0.361 e. The van der Waals surface area contributed by atoms with Crippen molar-refractivity contribution < 1.29 is 9.18 Å². The number of hydrogen-bond donors (Lipinski definition) is 2. The highest BCUT2D eigenvalue weighted by molar-refractivity contribution is 5.89. The second kappa shape index (κ2) is 7.32. The Kier molecular flexibility index (Phi) is 5.12. The molecule has 1 atom stereocenters. The SMILES string of the molecule is CC(CC(C)(C)c1ccccc1)NC(=O)Cc1c[nH]c2ccc(F)cc12. The van der Waals surface area contributed by atoms with Crippen molar-refractivity contribution in [2.75, 3.05) is 0 Å². The van der Waals surface area contributed by atoms with Crippen molar-refractivity contribution in [3.63, 3.8) is 0 Å². The van der Waals surface area contributed by atoms with Gasteiger partial charge in [0.2, 0.25) is 5.91 Å². The molecule has 0 aliphatic carbocycles. The molecule has 0 aliphatic rings. The minimum absolute atomic E-state index is 0.0299. The topological polar surface area (TPSA) is 44.9 Å². The van der Waals surface area contributed by atoms with Gasteiger partial charge in [-0.25, -0.2) is 4.39 Å². The predicted octanol–water partition coefficient (Wildman–Crippen LogP) is 4.72. The van der Waals surface area contributed by atoms with Crippen LogP contribution in [0.25, 0.3) is 10.9 Å². The van der Waals surface area contributed by atoms with Gasteiger partial charge in [-0.3, -0.25) is 4.79 Å². The fraction of sp³-hybridized carbons (Fsp3) is 0.318. The zero-order chi connectivity index (χ0) is 18.7. The quantitative estimate of drug-likeness (QED) is 0.662. The summed E-state index contributed by atoms with van der Waals surface area (Å²) >= 11 is 0. The van der Waals surface area contributed by atoms with Crippen LogP contribution in [0.3, 0.4) is 0 Å². The third kappa shape index (κ3) is 4.13. The van der Waals surface area contributed by atoms with E-state index in [9.17, 15) is 9.18 Å². The lowest BCUT2D eigenvalue weighted by Gasteiger charge is -2.29. The number of amides is 1. The summed E-state index contributed by atoms with van der Waals surface area (Å²) in [4.78, 5) is 15.5.